The van der Waals surface area contributed by atoms with Crippen molar-refractivity contribution in [3.63, 3.8) is 0 Å². The lowest BCUT2D eigenvalue weighted by atomic mass is 10.1. The summed E-state index contributed by atoms with van der Waals surface area (Å²) in [4.78, 5) is 10.5. The third-order valence-electron chi connectivity index (χ3n) is 3.63. The summed E-state index contributed by atoms with van der Waals surface area (Å²) in [6.07, 6.45) is 6.09. The van der Waals surface area contributed by atoms with Gasteiger partial charge in [-0.3, -0.25) is 10.1 Å². The topological polar surface area (TPSA) is 52.4 Å². The summed E-state index contributed by atoms with van der Waals surface area (Å²) in [6.45, 7) is 0.539. The van der Waals surface area contributed by atoms with E-state index in [1.165, 1.54) is 31.7 Å². The Balaban J connectivity index is 1.98. The van der Waals surface area contributed by atoms with Crippen LogP contribution in [0, 0.1) is 16.0 Å². The summed E-state index contributed by atoms with van der Waals surface area (Å²) < 4.78 is 5.60. The molecular formula is C14H18ClNO3. The smallest absolute Gasteiger partial charge is 0.310 e. The first-order valence-electron chi connectivity index (χ1n) is 6.67. The van der Waals surface area contributed by atoms with Crippen LogP contribution >= 0.6 is 11.6 Å². The molecule has 1 aliphatic rings. The lowest BCUT2D eigenvalue weighted by Gasteiger charge is -2.11. The highest BCUT2D eigenvalue weighted by Crippen LogP contribution is 2.31. The summed E-state index contributed by atoms with van der Waals surface area (Å²) in [6, 6.07) is 4.79. The SMILES string of the molecule is O=[N+]([O-])c1ccc(CCl)cc1OCCC1CCCC1. The molecular weight excluding hydrogens is 266 g/mol. The molecule has 0 atom stereocenters. The van der Waals surface area contributed by atoms with Crippen LogP contribution in [0.4, 0.5) is 5.69 Å². The molecule has 5 heteroatoms. The monoisotopic (exact) mass is 283 g/mol. The molecule has 0 spiro atoms. The highest BCUT2D eigenvalue weighted by atomic mass is 35.5. The predicted molar refractivity (Wildman–Crippen MR) is 74.7 cm³/mol. The molecule has 2 rings (SSSR count). The molecule has 1 aromatic rings. The molecule has 0 N–H and O–H groups in total. The molecule has 0 radical (unpaired) electrons. The molecule has 104 valence electrons. The first-order valence-corrected chi connectivity index (χ1v) is 7.20. The van der Waals surface area contributed by atoms with E-state index in [1.807, 2.05) is 0 Å². The maximum Gasteiger partial charge on any atom is 0.310 e. The van der Waals surface area contributed by atoms with Crippen molar-refractivity contribution >= 4 is 17.3 Å². The molecule has 1 aromatic carbocycles. The van der Waals surface area contributed by atoms with Crippen molar-refractivity contribution in [3.05, 3.63) is 33.9 Å². The highest BCUT2D eigenvalue weighted by molar-refractivity contribution is 6.17. The van der Waals surface area contributed by atoms with E-state index >= 15 is 0 Å². The third-order valence-corrected chi connectivity index (χ3v) is 3.94. The Bertz CT molecular complexity index is 444. The van der Waals surface area contributed by atoms with E-state index in [2.05, 4.69) is 0 Å². The maximum atomic E-state index is 10.9. The van der Waals surface area contributed by atoms with Crippen molar-refractivity contribution in [1.82, 2.24) is 0 Å². The lowest BCUT2D eigenvalue weighted by molar-refractivity contribution is -0.385. The van der Waals surface area contributed by atoms with Crippen LogP contribution in [0.5, 0.6) is 5.75 Å². The number of hydrogen-bond donors (Lipinski definition) is 0. The van der Waals surface area contributed by atoms with Crippen LogP contribution in [0.15, 0.2) is 18.2 Å². The van der Waals surface area contributed by atoms with Crippen LogP contribution in [0.1, 0.15) is 37.7 Å². The quantitative estimate of drug-likeness (QED) is 0.444. The number of nitro benzene ring substituents is 1. The summed E-state index contributed by atoms with van der Waals surface area (Å²) in [5, 5.41) is 10.9. The van der Waals surface area contributed by atoms with Crippen LogP contribution in [0.3, 0.4) is 0 Å². The van der Waals surface area contributed by atoms with Gasteiger partial charge < -0.3 is 4.74 Å². The number of halogens is 1. The van der Waals surface area contributed by atoms with Gasteiger partial charge in [-0.15, -0.1) is 11.6 Å². The number of ether oxygens (including phenoxy) is 1. The summed E-state index contributed by atoms with van der Waals surface area (Å²) in [5.41, 5.74) is 0.850. The van der Waals surface area contributed by atoms with Gasteiger partial charge in [-0.25, -0.2) is 0 Å². The molecule has 0 aliphatic heterocycles. The number of benzene rings is 1. The van der Waals surface area contributed by atoms with Gasteiger partial charge in [0, 0.05) is 11.9 Å². The summed E-state index contributed by atoms with van der Waals surface area (Å²) in [7, 11) is 0. The predicted octanol–water partition coefficient (Wildman–Crippen LogP) is 4.29. The molecule has 19 heavy (non-hydrogen) atoms. The zero-order valence-corrected chi connectivity index (χ0v) is 11.6. The van der Waals surface area contributed by atoms with Crippen LogP contribution in [0.2, 0.25) is 0 Å². The highest BCUT2D eigenvalue weighted by Gasteiger charge is 2.18. The van der Waals surface area contributed by atoms with Gasteiger partial charge in [0.15, 0.2) is 5.75 Å². The zero-order valence-electron chi connectivity index (χ0n) is 10.8. The zero-order chi connectivity index (χ0) is 13.7. The van der Waals surface area contributed by atoms with Gasteiger partial charge in [0.05, 0.1) is 11.5 Å². The second-order valence-electron chi connectivity index (χ2n) is 4.98. The fourth-order valence-electron chi connectivity index (χ4n) is 2.54. The second-order valence-corrected chi connectivity index (χ2v) is 5.25. The number of rotatable bonds is 6. The van der Waals surface area contributed by atoms with Gasteiger partial charge in [-0.2, -0.15) is 0 Å². The van der Waals surface area contributed by atoms with E-state index in [0.29, 0.717) is 18.2 Å². The minimum absolute atomic E-state index is 0.0142. The maximum absolute atomic E-state index is 10.9. The molecule has 0 amide bonds. The molecule has 1 saturated carbocycles. The molecule has 0 unspecified atom stereocenters. The van der Waals surface area contributed by atoms with Crippen molar-refractivity contribution in [2.24, 2.45) is 5.92 Å². The third kappa shape index (κ3) is 3.83. The minimum Gasteiger partial charge on any atom is -0.487 e. The molecule has 0 heterocycles. The Morgan fingerprint density at radius 1 is 1.37 bits per heavy atom. The van der Waals surface area contributed by atoms with Gasteiger partial charge in [0.2, 0.25) is 0 Å². The van der Waals surface area contributed by atoms with Crippen LogP contribution in [0.25, 0.3) is 0 Å². The normalized spacial score (nSPS) is 15.6. The van der Waals surface area contributed by atoms with Crippen molar-refractivity contribution in [2.45, 2.75) is 38.0 Å². The number of nitro groups is 1. The van der Waals surface area contributed by atoms with Crippen LogP contribution in [-0.2, 0) is 5.88 Å². The lowest BCUT2D eigenvalue weighted by Crippen LogP contribution is -2.05. The molecule has 1 fully saturated rings. The largest absolute Gasteiger partial charge is 0.487 e. The molecule has 1 aliphatic carbocycles. The first-order chi connectivity index (χ1) is 9.20. The number of nitrogens with zero attached hydrogens (tertiary/aromatic N) is 1. The van der Waals surface area contributed by atoms with Crippen molar-refractivity contribution in [1.29, 1.82) is 0 Å². The Morgan fingerprint density at radius 3 is 2.74 bits per heavy atom. The summed E-state index contributed by atoms with van der Waals surface area (Å²) >= 11 is 5.74. The minimum atomic E-state index is -0.414. The Kier molecular flexibility index (Phi) is 5.02. The average Bonchev–Trinajstić information content (AvgIpc) is 2.91. The van der Waals surface area contributed by atoms with Crippen molar-refractivity contribution in [3.8, 4) is 5.75 Å². The van der Waals surface area contributed by atoms with Crippen molar-refractivity contribution in [2.75, 3.05) is 6.61 Å². The number of hydrogen-bond acceptors (Lipinski definition) is 3. The van der Waals surface area contributed by atoms with Crippen molar-refractivity contribution < 1.29 is 9.66 Å². The van der Waals surface area contributed by atoms with E-state index < -0.39 is 4.92 Å². The molecule has 0 saturated heterocycles. The Morgan fingerprint density at radius 2 is 2.11 bits per heavy atom. The second kappa shape index (κ2) is 6.75. The van der Waals surface area contributed by atoms with E-state index in [1.54, 1.807) is 12.1 Å². The molecule has 4 nitrogen and oxygen atoms in total. The Hall–Kier alpha value is -1.29. The molecule has 0 bridgehead atoms. The Labute approximate surface area is 117 Å². The average molecular weight is 284 g/mol. The van der Waals surface area contributed by atoms with Gasteiger partial charge >= 0.3 is 5.69 Å². The van der Waals surface area contributed by atoms with E-state index in [4.69, 9.17) is 16.3 Å². The van der Waals surface area contributed by atoms with E-state index in [-0.39, 0.29) is 5.69 Å². The first kappa shape index (κ1) is 14.1. The fraction of sp³-hybridized carbons (Fsp3) is 0.571. The van der Waals surface area contributed by atoms with Gasteiger partial charge in [0.1, 0.15) is 0 Å². The van der Waals surface area contributed by atoms with Gasteiger partial charge in [-0.05, 0) is 24.0 Å². The standard InChI is InChI=1S/C14H18ClNO3/c15-10-12-5-6-13(16(17)18)14(9-12)19-8-7-11-3-1-2-4-11/h5-6,9,11H,1-4,7-8,10H2. The number of alkyl halides is 1. The van der Waals surface area contributed by atoms with E-state index in [0.717, 1.165) is 17.9 Å². The van der Waals surface area contributed by atoms with Crippen LogP contribution < -0.4 is 4.74 Å². The van der Waals surface area contributed by atoms with Crippen LogP contribution in [-0.4, -0.2) is 11.5 Å². The van der Waals surface area contributed by atoms with Gasteiger partial charge in [0.25, 0.3) is 0 Å². The fourth-order valence-corrected chi connectivity index (χ4v) is 2.71. The summed E-state index contributed by atoms with van der Waals surface area (Å²) in [5.74, 6) is 1.38. The molecule has 0 aromatic heterocycles. The van der Waals surface area contributed by atoms with E-state index in [9.17, 15) is 10.1 Å². The van der Waals surface area contributed by atoms with Gasteiger partial charge in [-0.1, -0.05) is 31.7 Å².